The summed E-state index contributed by atoms with van der Waals surface area (Å²) in [5.74, 6) is 0. The van der Waals surface area contributed by atoms with E-state index in [-0.39, 0.29) is 0 Å². The van der Waals surface area contributed by atoms with Crippen LogP contribution in [0.25, 0.3) is 32.3 Å². The fraction of sp³-hybridized carbons (Fsp3) is 0.292. The zero-order chi connectivity index (χ0) is 18.8. The summed E-state index contributed by atoms with van der Waals surface area (Å²) >= 11 is 0. The van der Waals surface area contributed by atoms with Crippen LogP contribution in [0.4, 0.5) is 0 Å². The van der Waals surface area contributed by atoms with Crippen molar-refractivity contribution in [2.24, 2.45) is 0 Å². The molecule has 0 saturated carbocycles. The molecule has 0 spiro atoms. The van der Waals surface area contributed by atoms with Crippen molar-refractivity contribution in [3.63, 3.8) is 0 Å². The Morgan fingerprint density at radius 3 is 2.37 bits per heavy atom. The average Bonchev–Trinajstić information content (AvgIpc) is 2.65. The van der Waals surface area contributed by atoms with Crippen LogP contribution in [0, 0.1) is 11.3 Å². The van der Waals surface area contributed by atoms with E-state index in [1.54, 1.807) is 0 Å². The summed E-state index contributed by atoms with van der Waals surface area (Å²) in [5.41, 5.74) is 1.61. The Morgan fingerprint density at radius 1 is 0.963 bits per heavy atom. The number of hydrogen-bond donors (Lipinski definition) is 0. The fourth-order valence-electron chi connectivity index (χ4n) is 4.91. The standard InChI is InChI=1S/C24H23NOSi/c1-27(2,3)26-24(15-25)13-5-8-19-20-12-11-17-7-4-6-16-9-10-18(14-21(19)24)23(20)22(16)17/h4,6-7,9-12,14H,5,8,13H2,1-3H3. The average molecular weight is 370 g/mol. The number of rotatable bonds is 2. The van der Waals surface area contributed by atoms with Gasteiger partial charge in [0.25, 0.3) is 0 Å². The molecule has 1 aliphatic carbocycles. The Bertz CT molecular complexity index is 1210. The highest BCUT2D eigenvalue weighted by Crippen LogP contribution is 2.46. The van der Waals surface area contributed by atoms with Crippen molar-refractivity contribution in [1.29, 1.82) is 5.26 Å². The quantitative estimate of drug-likeness (QED) is 0.299. The summed E-state index contributed by atoms with van der Waals surface area (Å²) in [6.07, 6.45) is 2.80. The van der Waals surface area contributed by atoms with E-state index >= 15 is 0 Å². The molecule has 4 aromatic carbocycles. The first-order valence-electron chi connectivity index (χ1n) is 9.73. The number of benzene rings is 4. The van der Waals surface area contributed by atoms with E-state index < -0.39 is 13.9 Å². The van der Waals surface area contributed by atoms with E-state index in [2.05, 4.69) is 74.2 Å². The van der Waals surface area contributed by atoms with E-state index in [9.17, 15) is 5.26 Å². The molecule has 1 aliphatic rings. The molecule has 5 rings (SSSR count). The van der Waals surface area contributed by atoms with Gasteiger partial charge in [0.15, 0.2) is 13.9 Å². The lowest BCUT2D eigenvalue weighted by molar-refractivity contribution is 0.0989. The summed E-state index contributed by atoms with van der Waals surface area (Å²) in [4.78, 5) is 0. The van der Waals surface area contributed by atoms with Gasteiger partial charge in [-0.3, -0.25) is 0 Å². The van der Waals surface area contributed by atoms with E-state index in [4.69, 9.17) is 4.43 Å². The number of fused-ring (bicyclic) bond motifs is 2. The Balaban J connectivity index is 1.90. The molecular formula is C24H23NOSi. The van der Waals surface area contributed by atoms with Gasteiger partial charge in [-0.2, -0.15) is 5.26 Å². The maximum Gasteiger partial charge on any atom is 0.186 e. The predicted molar refractivity (Wildman–Crippen MR) is 115 cm³/mol. The largest absolute Gasteiger partial charge is 0.396 e. The molecule has 0 heterocycles. The van der Waals surface area contributed by atoms with Gasteiger partial charge in [-0.1, -0.05) is 42.5 Å². The number of aryl methyl sites for hydroxylation is 1. The second-order valence-electron chi connectivity index (χ2n) is 8.77. The smallest absolute Gasteiger partial charge is 0.186 e. The molecule has 0 radical (unpaired) electrons. The van der Waals surface area contributed by atoms with Crippen LogP contribution in [-0.2, 0) is 16.4 Å². The lowest BCUT2D eigenvalue weighted by Crippen LogP contribution is -2.42. The number of nitrogens with zero attached hydrogens (tertiary/aromatic N) is 1. The lowest BCUT2D eigenvalue weighted by atomic mass is 9.76. The molecule has 1 unspecified atom stereocenters. The van der Waals surface area contributed by atoms with Crippen LogP contribution in [0.2, 0.25) is 19.6 Å². The highest BCUT2D eigenvalue weighted by Gasteiger charge is 2.42. The van der Waals surface area contributed by atoms with Gasteiger partial charge in [0, 0.05) is 5.56 Å². The Labute approximate surface area is 160 Å². The first-order valence-corrected chi connectivity index (χ1v) is 13.1. The Kier molecular flexibility index (Phi) is 3.44. The van der Waals surface area contributed by atoms with Crippen LogP contribution in [0.15, 0.2) is 48.5 Å². The third kappa shape index (κ3) is 2.41. The predicted octanol–water partition coefficient (Wildman–Crippen LogP) is 6.49. The molecule has 0 N–H and O–H groups in total. The van der Waals surface area contributed by atoms with Gasteiger partial charge in [0.1, 0.15) is 6.07 Å². The van der Waals surface area contributed by atoms with Crippen LogP contribution in [0.5, 0.6) is 0 Å². The molecular weight excluding hydrogens is 346 g/mol. The van der Waals surface area contributed by atoms with Gasteiger partial charge in [-0.25, -0.2) is 0 Å². The van der Waals surface area contributed by atoms with Crippen molar-refractivity contribution >= 4 is 40.6 Å². The van der Waals surface area contributed by atoms with Crippen LogP contribution in [0.1, 0.15) is 24.0 Å². The normalized spacial score (nSPS) is 20.2. The summed E-state index contributed by atoms with van der Waals surface area (Å²) in [6.45, 7) is 6.52. The molecule has 134 valence electrons. The summed E-state index contributed by atoms with van der Waals surface area (Å²) in [5, 5.41) is 18.0. The van der Waals surface area contributed by atoms with Gasteiger partial charge in [-0.05, 0) is 82.9 Å². The molecule has 0 aliphatic heterocycles. The van der Waals surface area contributed by atoms with Crippen molar-refractivity contribution in [3.8, 4) is 6.07 Å². The number of hydrogen-bond acceptors (Lipinski definition) is 2. The lowest BCUT2D eigenvalue weighted by Gasteiger charge is -2.39. The van der Waals surface area contributed by atoms with Crippen molar-refractivity contribution in [2.75, 3.05) is 0 Å². The maximum atomic E-state index is 10.2. The SMILES string of the molecule is C[Si](C)(C)OC1(C#N)CCCc2c1cc1ccc3cccc4ccc2c1c34. The van der Waals surface area contributed by atoms with E-state index in [0.717, 1.165) is 24.8 Å². The molecule has 1 atom stereocenters. The molecule has 0 fully saturated rings. The van der Waals surface area contributed by atoms with Gasteiger partial charge >= 0.3 is 0 Å². The minimum Gasteiger partial charge on any atom is -0.396 e. The topological polar surface area (TPSA) is 33.0 Å². The van der Waals surface area contributed by atoms with Crippen molar-refractivity contribution in [3.05, 3.63) is 59.7 Å². The molecule has 27 heavy (non-hydrogen) atoms. The molecule has 0 amide bonds. The molecule has 0 aromatic heterocycles. The van der Waals surface area contributed by atoms with Crippen LogP contribution < -0.4 is 0 Å². The van der Waals surface area contributed by atoms with Crippen LogP contribution in [0.3, 0.4) is 0 Å². The highest BCUT2D eigenvalue weighted by molar-refractivity contribution is 6.69. The van der Waals surface area contributed by atoms with Crippen LogP contribution in [-0.4, -0.2) is 8.32 Å². The molecule has 2 nitrogen and oxygen atoms in total. The van der Waals surface area contributed by atoms with Crippen molar-refractivity contribution in [1.82, 2.24) is 0 Å². The van der Waals surface area contributed by atoms with E-state index in [1.165, 1.54) is 37.9 Å². The molecule has 4 aromatic rings. The Morgan fingerprint density at radius 2 is 1.67 bits per heavy atom. The highest BCUT2D eigenvalue weighted by atomic mass is 28.4. The zero-order valence-electron chi connectivity index (χ0n) is 16.1. The first-order chi connectivity index (χ1) is 12.9. The third-order valence-electron chi connectivity index (χ3n) is 5.81. The minimum absolute atomic E-state index is 0.786. The van der Waals surface area contributed by atoms with Crippen molar-refractivity contribution < 1.29 is 4.43 Å². The maximum absolute atomic E-state index is 10.2. The fourth-order valence-corrected chi connectivity index (χ4v) is 6.22. The van der Waals surface area contributed by atoms with Gasteiger partial charge in [0.2, 0.25) is 0 Å². The summed E-state index contributed by atoms with van der Waals surface area (Å²) < 4.78 is 6.55. The van der Waals surface area contributed by atoms with Gasteiger partial charge < -0.3 is 4.43 Å². The summed E-state index contributed by atoms with van der Waals surface area (Å²) in [7, 11) is -1.87. The summed E-state index contributed by atoms with van der Waals surface area (Å²) in [6, 6.07) is 20.2. The van der Waals surface area contributed by atoms with Crippen LogP contribution >= 0.6 is 0 Å². The number of nitriles is 1. The molecule has 0 bridgehead atoms. The van der Waals surface area contributed by atoms with E-state index in [0.29, 0.717) is 0 Å². The second-order valence-corrected chi connectivity index (χ2v) is 13.2. The monoisotopic (exact) mass is 369 g/mol. The van der Waals surface area contributed by atoms with Crippen molar-refractivity contribution in [2.45, 2.75) is 44.5 Å². The second kappa shape index (κ2) is 5.54. The molecule has 3 heteroatoms. The van der Waals surface area contributed by atoms with Gasteiger partial charge in [-0.15, -0.1) is 0 Å². The zero-order valence-corrected chi connectivity index (χ0v) is 17.1. The minimum atomic E-state index is -1.87. The first kappa shape index (κ1) is 16.7. The van der Waals surface area contributed by atoms with Gasteiger partial charge in [0.05, 0.1) is 0 Å². The molecule has 0 saturated heterocycles. The van der Waals surface area contributed by atoms with E-state index in [1.807, 2.05) is 0 Å². The third-order valence-corrected chi connectivity index (χ3v) is 6.77. The Hall–Kier alpha value is -2.41.